The van der Waals surface area contributed by atoms with Gasteiger partial charge in [0.2, 0.25) is 0 Å². The second-order valence-electron chi connectivity index (χ2n) is 4.43. The molecule has 0 radical (unpaired) electrons. The maximum absolute atomic E-state index is 6.02. The predicted octanol–water partition coefficient (Wildman–Crippen LogP) is 3.48. The molecular formula is C12H23N. The quantitative estimate of drug-likeness (QED) is 0.663. The fourth-order valence-electron chi connectivity index (χ4n) is 1.65. The van der Waals surface area contributed by atoms with Crippen molar-refractivity contribution < 1.29 is 0 Å². The van der Waals surface area contributed by atoms with Crippen molar-refractivity contribution in [3.05, 3.63) is 22.9 Å². The largest absolute Gasteiger partial charge is 0.399 e. The van der Waals surface area contributed by atoms with Gasteiger partial charge in [-0.2, -0.15) is 0 Å². The molecule has 1 nitrogen and oxygen atoms in total. The standard InChI is InChI=1S/C12H23N/c1-8(2)7-11(13)12(9(3)4)10(5)6/h7-9H,13H2,1-6H3. The summed E-state index contributed by atoms with van der Waals surface area (Å²) in [5, 5.41) is 0. The first kappa shape index (κ1) is 12.3. The van der Waals surface area contributed by atoms with Crippen molar-refractivity contribution in [2.24, 2.45) is 17.6 Å². The van der Waals surface area contributed by atoms with Crippen LogP contribution in [0.3, 0.4) is 0 Å². The van der Waals surface area contributed by atoms with Crippen molar-refractivity contribution in [2.45, 2.75) is 41.5 Å². The van der Waals surface area contributed by atoms with Crippen molar-refractivity contribution in [2.75, 3.05) is 0 Å². The van der Waals surface area contributed by atoms with E-state index in [0.717, 1.165) is 5.70 Å². The summed E-state index contributed by atoms with van der Waals surface area (Å²) in [5.41, 5.74) is 9.60. The Labute approximate surface area is 82.7 Å². The van der Waals surface area contributed by atoms with Crippen LogP contribution >= 0.6 is 0 Å². The Balaban J connectivity index is 4.90. The lowest BCUT2D eigenvalue weighted by atomic mass is 9.94. The van der Waals surface area contributed by atoms with Crippen molar-refractivity contribution in [3.8, 4) is 0 Å². The van der Waals surface area contributed by atoms with E-state index in [0.29, 0.717) is 11.8 Å². The first-order chi connectivity index (χ1) is 5.86. The van der Waals surface area contributed by atoms with Crippen LogP contribution in [0.15, 0.2) is 22.9 Å². The Hall–Kier alpha value is -0.720. The highest BCUT2D eigenvalue weighted by atomic mass is 14.6. The average Bonchev–Trinajstić information content (AvgIpc) is 1.81. The molecule has 0 spiro atoms. The van der Waals surface area contributed by atoms with Gasteiger partial charge in [-0.3, -0.25) is 0 Å². The molecule has 2 N–H and O–H groups in total. The fourth-order valence-corrected chi connectivity index (χ4v) is 1.65. The van der Waals surface area contributed by atoms with E-state index < -0.39 is 0 Å². The highest BCUT2D eigenvalue weighted by Gasteiger charge is 2.08. The first-order valence-electron chi connectivity index (χ1n) is 5.01. The van der Waals surface area contributed by atoms with Crippen LogP contribution in [0.25, 0.3) is 0 Å². The number of hydrogen-bond acceptors (Lipinski definition) is 1. The summed E-state index contributed by atoms with van der Waals surface area (Å²) in [4.78, 5) is 0. The minimum atomic E-state index is 0.514. The van der Waals surface area contributed by atoms with E-state index in [1.165, 1.54) is 11.1 Å². The molecule has 0 amide bonds. The van der Waals surface area contributed by atoms with E-state index in [2.05, 4.69) is 47.6 Å². The molecule has 0 heterocycles. The predicted molar refractivity (Wildman–Crippen MR) is 60.3 cm³/mol. The van der Waals surface area contributed by atoms with Crippen molar-refractivity contribution in [1.82, 2.24) is 0 Å². The van der Waals surface area contributed by atoms with Crippen molar-refractivity contribution in [1.29, 1.82) is 0 Å². The summed E-state index contributed by atoms with van der Waals surface area (Å²) in [6.45, 7) is 12.9. The molecule has 0 saturated heterocycles. The van der Waals surface area contributed by atoms with E-state index in [4.69, 9.17) is 5.73 Å². The Morgan fingerprint density at radius 3 is 1.77 bits per heavy atom. The number of rotatable bonds is 3. The van der Waals surface area contributed by atoms with E-state index in [1.54, 1.807) is 0 Å². The SMILES string of the molecule is CC(C)=C(C(N)=CC(C)C)C(C)C. The second-order valence-corrected chi connectivity index (χ2v) is 4.43. The van der Waals surface area contributed by atoms with Gasteiger partial charge in [0.15, 0.2) is 0 Å². The van der Waals surface area contributed by atoms with Crippen LogP contribution in [0.2, 0.25) is 0 Å². The van der Waals surface area contributed by atoms with E-state index in [1.807, 2.05) is 0 Å². The number of nitrogens with two attached hydrogens (primary N) is 1. The lowest BCUT2D eigenvalue weighted by molar-refractivity contribution is 0.748. The monoisotopic (exact) mass is 181 g/mol. The molecule has 0 fully saturated rings. The van der Waals surface area contributed by atoms with E-state index >= 15 is 0 Å². The van der Waals surface area contributed by atoms with Gasteiger partial charge in [-0.1, -0.05) is 39.3 Å². The van der Waals surface area contributed by atoms with Gasteiger partial charge in [0, 0.05) is 5.70 Å². The zero-order valence-electron chi connectivity index (χ0n) is 9.81. The molecular weight excluding hydrogens is 158 g/mol. The summed E-state index contributed by atoms with van der Waals surface area (Å²) in [7, 11) is 0. The van der Waals surface area contributed by atoms with Gasteiger partial charge in [0.05, 0.1) is 0 Å². The van der Waals surface area contributed by atoms with Gasteiger partial charge in [0.1, 0.15) is 0 Å². The molecule has 1 heteroatoms. The van der Waals surface area contributed by atoms with E-state index in [-0.39, 0.29) is 0 Å². The molecule has 0 aliphatic rings. The first-order valence-corrected chi connectivity index (χ1v) is 5.01. The molecule has 0 aliphatic heterocycles. The van der Waals surface area contributed by atoms with Gasteiger partial charge in [-0.25, -0.2) is 0 Å². The molecule has 0 bridgehead atoms. The smallest absolute Gasteiger partial charge is 0.0310 e. The Morgan fingerprint density at radius 1 is 1.08 bits per heavy atom. The molecule has 0 rings (SSSR count). The molecule has 13 heavy (non-hydrogen) atoms. The summed E-state index contributed by atoms with van der Waals surface area (Å²) >= 11 is 0. The third kappa shape index (κ3) is 4.16. The Morgan fingerprint density at radius 2 is 1.54 bits per heavy atom. The van der Waals surface area contributed by atoms with Gasteiger partial charge >= 0.3 is 0 Å². The Kier molecular flexibility index (Phi) is 4.82. The summed E-state index contributed by atoms with van der Waals surface area (Å²) in [5.74, 6) is 1.04. The maximum atomic E-state index is 6.02. The van der Waals surface area contributed by atoms with Gasteiger partial charge in [0.25, 0.3) is 0 Å². The third-order valence-corrected chi connectivity index (χ3v) is 1.94. The van der Waals surface area contributed by atoms with Crippen LogP contribution in [0.4, 0.5) is 0 Å². The van der Waals surface area contributed by atoms with Crippen LogP contribution in [0.5, 0.6) is 0 Å². The van der Waals surface area contributed by atoms with Crippen molar-refractivity contribution in [3.63, 3.8) is 0 Å². The van der Waals surface area contributed by atoms with Crippen LogP contribution < -0.4 is 5.73 Å². The fraction of sp³-hybridized carbons (Fsp3) is 0.667. The highest BCUT2D eigenvalue weighted by molar-refractivity contribution is 5.33. The highest BCUT2D eigenvalue weighted by Crippen LogP contribution is 2.20. The van der Waals surface area contributed by atoms with Gasteiger partial charge in [-0.15, -0.1) is 0 Å². The third-order valence-electron chi connectivity index (χ3n) is 1.94. The molecule has 0 aromatic carbocycles. The van der Waals surface area contributed by atoms with Crippen LogP contribution in [0, 0.1) is 11.8 Å². The van der Waals surface area contributed by atoms with Crippen LogP contribution in [-0.2, 0) is 0 Å². The van der Waals surface area contributed by atoms with Gasteiger partial charge in [-0.05, 0) is 31.3 Å². The molecule has 0 saturated carbocycles. The Bertz CT molecular complexity index is 215. The minimum absolute atomic E-state index is 0.514. The lowest BCUT2D eigenvalue weighted by Gasteiger charge is -2.15. The minimum Gasteiger partial charge on any atom is -0.399 e. The zero-order chi connectivity index (χ0) is 10.6. The normalized spacial score (nSPS) is 12.5. The molecule has 0 aliphatic carbocycles. The zero-order valence-corrected chi connectivity index (χ0v) is 9.81. The molecule has 76 valence electrons. The summed E-state index contributed by atoms with van der Waals surface area (Å²) in [6.07, 6.45) is 2.13. The summed E-state index contributed by atoms with van der Waals surface area (Å²) in [6, 6.07) is 0. The van der Waals surface area contributed by atoms with E-state index in [9.17, 15) is 0 Å². The van der Waals surface area contributed by atoms with Gasteiger partial charge < -0.3 is 5.73 Å². The lowest BCUT2D eigenvalue weighted by Crippen LogP contribution is -2.09. The van der Waals surface area contributed by atoms with Crippen LogP contribution in [-0.4, -0.2) is 0 Å². The van der Waals surface area contributed by atoms with Crippen LogP contribution in [0.1, 0.15) is 41.5 Å². The summed E-state index contributed by atoms with van der Waals surface area (Å²) < 4.78 is 0. The maximum Gasteiger partial charge on any atom is 0.0310 e. The topological polar surface area (TPSA) is 26.0 Å². The number of hydrogen-bond donors (Lipinski definition) is 1. The number of allylic oxidation sites excluding steroid dienone is 3. The molecule has 0 atom stereocenters. The molecule has 0 aromatic rings. The molecule has 0 aromatic heterocycles. The van der Waals surface area contributed by atoms with Crippen molar-refractivity contribution >= 4 is 0 Å². The average molecular weight is 181 g/mol. The second kappa shape index (κ2) is 5.11. The molecule has 0 unspecified atom stereocenters.